The molecule has 4 rings (SSSR count). The molecule has 0 saturated carbocycles. The molecule has 1 saturated heterocycles. The van der Waals surface area contributed by atoms with Crippen LogP contribution in [0.3, 0.4) is 0 Å². The number of amides is 1. The Kier molecular flexibility index (Phi) is 11.0. The van der Waals surface area contributed by atoms with Gasteiger partial charge in [0.25, 0.3) is 0 Å². The summed E-state index contributed by atoms with van der Waals surface area (Å²) in [6.45, 7) is 6.35. The molecule has 3 atom stereocenters. The second kappa shape index (κ2) is 14.2. The molecule has 0 spiro atoms. The average molecular weight is 685 g/mol. The van der Waals surface area contributed by atoms with E-state index in [1.165, 1.54) is 4.43 Å². The summed E-state index contributed by atoms with van der Waals surface area (Å²) in [5.41, 5.74) is 0.893. The molecule has 10 heteroatoms. The van der Waals surface area contributed by atoms with E-state index in [9.17, 15) is 14.7 Å². The monoisotopic (exact) mass is 684 g/mol. The summed E-state index contributed by atoms with van der Waals surface area (Å²) < 4.78 is 18.1. The first-order chi connectivity index (χ1) is 19.6. The number of aromatic nitrogens is 1. The predicted molar refractivity (Wildman–Crippen MR) is 155 cm³/mol. The summed E-state index contributed by atoms with van der Waals surface area (Å²) in [5, 5.41) is 10.5. The van der Waals surface area contributed by atoms with Gasteiger partial charge in [-0.15, -0.1) is 0 Å². The first-order valence-electron chi connectivity index (χ1n) is 14.7. The maximum atomic E-state index is 13.8. The molecule has 1 fully saturated rings. The second-order valence-corrected chi connectivity index (χ2v) is 24.2. The van der Waals surface area contributed by atoms with Crippen LogP contribution >= 0.6 is 0 Å². The molecule has 3 heterocycles. The Bertz CT molecular complexity index is 1180. The van der Waals surface area contributed by atoms with E-state index in [0.29, 0.717) is 36.8 Å². The summed E-state index contributed by atoms with van der Waals surface area (Å²) in [5.74, 6) is 0.899. The number of oxazole rings is 1. The number of unbranched alkanes of at least 4 members (excludes halogenated alkanes) is 2. The number of carbonyl (C=O) groups is 2. The molecule has 1 aromatic carbocycles. The third-order valence-corrected chi connectivity index (χ3v) is 12.0. The third-order valence-electron chi connectivity index (χ3n) is 8.03. The zero-order valence-electron chi connectivity index (χ0n) is 25.2. The van der Waals surface area contributed by atoms with Gasteiger partial charge in [0.1, 0.15) is 5.76 Å². The van der Waals surface area contributed by atoms with Gasteiger partial charge in [-0.1, -0.05) is 0 Å². The molecule has 41 heavy (non-hydrogen) atoms. The Labute approximate surface area is 248 Å². The smallest absolute Gasteiger partial charge is 0.446 e. The van der Waals surface area contributed by atoms with Crippen LogP contribution in [0.2, 0.25) is 0 Å². The van der Waals surface area contributed by atoms with E-state index < -0.39 is 30.3 Å². The number of carboxylic acids is 1. The maximum absolute atomic E-state index is 13.8. The van der Waals surface area contributed by atoms with Crippen LogP contribution in [0.1, 0.15) is 62.2 Å². The van der Waals surface area contributed by atoms with Crippen molar-refractivity contribution in [1.29, 1.82) is 0 Å². The average Bonchev–Trinajstić information content (AvgIpc) is 3.64. The molecule has 2 aliphatic heterocycles. The minimum absolute atomic E-state index is 0.0857. The Balaban J connectivity index is 1.53. The van der Waals surface area contributed by atoms with E-state index in [4.69, 9.17) is 13.9 Å². The number of carboxylic acid groups (broad SMARTS) is 1. The molecule has 0 bridgehead atoms. The van der Waals surface area contributed by atoms with Gasteiger partial charge in [0.2, 0.25) is 6.79 Å². The van der Waals surface area contributed by atoms with Crippen LogP contribution in [0.5, 0.6) is 11.5 Å². The standard InChI is InChI=1S/C31H47IN3O6/c1-6-7-15-34(16-9-8-14-32(3,4)5)29(36)20-35-19-24(23-10-12-26-27(17-23)40-21-39-26)30(31(37)38)25(35)11-13-28-33-18-22(2)41-28/h10,12,17-18,24-25,30H,6-9,11,13-16,19-21H2,1-5H3,(H,37,38)/q-1/t24-,25+,30-/m1/s1. The number of hydrogen-bond donors (Lipinski definition) is 1. The fraction of sp³-hybridized carbons (Fsp3) is 0.645. The van der Waals surface area contributed by atoms with Crippen molar-refractivity contribution < 1.29 is 47.0 Å². The van der Waals surface area contributed by atoms with Crippen LogP contribution in [-0.4, -0.2) is 90.0 Å². The van der Waals surface area contributed by atoms with Crippen molar-refractivity contribution in [3.8, 4) is 11.5 Å². The number of fused-ring (bicyclic) bond motifs is 1. The number of alkyl halides is 4. The second-order valence-electron chi connectivity index (χ2n) is 12.0. The first-order valence-corrected chi connectivity index (χ1v) is 22.7. The van der Waals surface area contributed by atoms with E-state index >= 15 is 0 Å². The number of carbonyl (C=O) groups excluding carboxylic acids is 1. The number of aryl methyl sites for hydroxylation is 2. The van der Waals surface area contributed by atoms with Gasteiger partial charge in [0, 0.05) is 0 Å². The Morgan fingerprint density at radius 3 is 2.56 bits per heavy atom. The Morgan fingerprint density at radius 1 is 1.12 bits per heavy atom. The van der Waals surface area contributed by atoms with Crippen LogP contribution in [0.25, 0.3) is 0 Å². The number of nitrogens with zero attached hydrogens (tertiary/aromatic N) is 3. The summed E-state index contributed by atoms with van der Waals surface area (Å²) in [6.07, 6.45) is 6.90. The fourth-order valence-electron chi connectivity index (χ4n) is 5.90. The van der Waals surface area contributed by atoms with Crippen LogP contribution in [0.4, 0.5) is 0 Å². The molecule has 0 unspecified atom stereocenters. The van der Waals surface area contributed by atoms with Gasteiger partial charge in [-0.25, -0.2) is 4.98 Å². The van der Waals surface area contributed by atoms with Gasteiger partial charge in [-0.3, -0.25) is 0 Å². The first kappa shape index (κ1) is 31.6. The number of ether oxygens (including phenoxy) is 2. The topological polar surface area (TPSA) is 105 Å². The molecule has 230 valence electrons. The van der Waals surface area contributed by atoms with E-state index in [2.05, 4.69) is 31.6 Å². The van der Waals surface area contributed by atoms with Crippen molar-refractivity contribution in [2.75, 3.05) is 52.2 Å². The molecule has 1 amide bonds. The van der Waals surface area contributed by atoms with Crippen molar-refractivity contribution >= 4 is 11.9 Å². The Morgan fingerprint density at radius 2 is 1.88 bits per heavy atom. The molecule has 2 aliphatic rings. The summed E-state index contributed by atoms with van der Waals surface area (Å²) in [7, 11) is 0. The fourth-order valence-corrected chi connectivity index (χ4v) is 8.73. The summed E-state index contributed by atoms with van der Waals surface area (Å²) in [6, 6.07) is 5.35. The third kappa shape index (κ3) is 8.59. The molecular formula is C31H47IN3O6-. The van der Waals surface area contributed by atoms with Crippen LogP contribution < -0.4 is 27.9 Å². The zero-order chi connectivity index (χ0) is 29.6. The molecule has 1 aromatic heterocycles. The minimum Gasteiger partial charge on any atom is -0.446 e. The Hall–Kier alpha value is -2.34. The number of halogens is 1. The van der Waals surface area contributed by atoms with Crippen molar-refractivity contribution in [2.45, 2.75) is 64.3 Å². The van der Waals surface area contributed by atoms with Gasteiger partial charge in [0.15, 0.2) is 11.5 Å². The van der Waals surface area contributed by atoms with Gasteiger partial charge >= 0.3 is 187 Å². The summed E-state index contributed by atoms with van der Waals surface area (Å²) >= 11 is -1.53. The van der Waals surface area contributed by atoms with Crippen LogP contribution in [0, 0.1) is 12.8 Å². The number of aliphatic carboxylic acids is 1. The van der Waals surface area contributed by atoms with Crippen molar-refractivity contribution in [2.24, 2.45) is 5.92 Å². The van der Waals surface area contributed by atoms with Gasteiger partial charge in [0.05, 0.1) is 6.20 Å². The number of rotatable bonds is 15. The molecule has 9 nitrogen and oxygen atoms in total. The zero-order valence-corrected chi connectivity index (χ0v) is 27.4. The molecule has 1 N–H and O–H groups in total. The van der Waals surface area contributed by atoms with Crippen molar-refractivity contribution in [3.05, 3.63) is 41.6 Å². The van der Waals surface area contributed by atoms with E-state index in [-0.39, 0.29) is 31.2 Å². The molecule has 2 aromatic rings. The molecule has 0 aliphatic carbocycles. The van der Waals surface area contributed by atoms with Crippen LogP contribution in [0.15, 0.2) is 28.8 Å². The number of likely N-dealkylation sites (tertiary alicyclic amines) is 1. The quantitative estimate of drug-likeness (QED) is 0.170. The van der Waals surface area contributed by atoms with E-state index in [1.54, 1.807) is 6.20 Å². The van der Waals surface area contributed by atoms with E-state index in [0.717, 1.165) is 50.1 Å². The van der Waals surface area contributed by atoms with Gasteiger partial charge < -0.3 is 13.9 Å². The van der Waals surface area contributed by atoms with Crippen molar-refractivity contribution in [3.63, 3.8) is 0 Å². The predicted octanol–water partition coefficient (Wildman–Crippen LogP) is 1.27. The minimum atomic E-state index is -1.53. The number of hydrogen-bond acceptors (Lipinski definition) is 7. The van der Waals surface area contributed by atoms with Crippen LogP contribution in [-0.2, 0) is 16.0 Å². The van der Waals surface area contributed by atoms with E-state index in [1.807, 2.05) is 30.0 Å². The van der Waals surface area contributed by atoms with Crippen molar-refractivity contribution in [1.82, 2.24) is 14.8 Å². The molecular weight excluding hydrogens is 637 g/mol. The van der Waals surface area contributed by atoms with Gasteiger partial charge in [-0.2, -0.15) is 0 Å². The SMILES string of the molecule is CCCCN(CCCC[I-](C)(C)C)C(=O)CN1C[C@H](c2ccc3c(c2)OCO3)[C@@H](C(=O)O)[C@@H]1CCc1ncc(C)o1. The number of benzene rings is 1. The summed E-state index contributed by atoms with van der Waals surface area (Å²) in [4.78, 5) is 42.3. The van der Waals surface area contributed by atoms with Gasteiger partial charge in [-0.05, 0) is 13.0 Å². The molecule has 0 radical (unpaired) electrons. The normalized spacial score (nSPS) is 20.9.